The fraction of sp³-hybridized carbons (Fsp3) is 0.875. The van der Waals surface area contributed by atoms with Crippen molar-refractivity contribution in [3.05, 3.63) is 0 Å². The number of halogens is 3. The van der Waals surface area contributed by atoms with Gasteiger partial charge in [-0.25, -0.2) is 4.79 Å². The third-order valence-electron chi connectivity index (χ3n) is 1.91. The molecule has 0 bridgehead atoms. The Morgan fingerprint density at radius 1 is 1.40 bits per heavy atom. The van der Waals surface area contributed by atoms with Gasteiger partial charge in [-0.1, -0.05) is 0 Å². The number of carbonyl (C=O) groups excluding carboxylic acids is 1. The van der Waals surface area contributed by atoms with Gasteiger partial charge in [0.25, 0.3) is 0 Å². The Morgan fingerprint density at radius 3 is 2.53 bits per heavy atom. The van der Waals surface area contributed by atoms with Gasteiger partial charge in [0.1, 0.15) is 0 Å². The topological polar surface area (TPSA) is 38.3 Å². The third kappa shape index (κ3) is 5.76. The van der Waals surface area contributed by atoms with Crippen LogP contribution in [-0.4, -0.2) is 36.4 Å². The Morgan fingerprint density at radius 2 is 2.00 bits per heavy atom. The molecule has 0 aromatic carbocycles. The van der Waals surface area contributed by atoms with Crippen LogP contribution in [0.5, 0.6) is 0 Å². The van der Waals surface area contributed by atoms with E-state index in [2.05, 4.69) is 10.1 Å². The highest BCUT2D eigenvalue weighted by Gasteiger charge is 2.30. The summed E-state index contributed by atoms with van der Waals surface area (Å²) in [4.78, 5) is 10.9. The maximum Gasteiger partial charge on any atom is 0.422 e. The highest BCUT2D eigenvalue weighted by Crippen LogP contribution is 2.17. The molecule has 0 saturated carbocycles. The van der Waals surface area contributed by atoms with E-state index >= 15 is 0 Å². The molecule has 15 heavy (non-hydrogen) atoms. The van der Waals surface area contributed by atoms with Crippen LogP contribution in [0.3, 0.4) is 0 Å². The number of amides is 1. The van der Waals surface area contributed by atoms with Crippen molar-refractivity contribution in [2.45, 2.75) is 25.1 Å². The lowest BCUT2D eigenvalue weighted by atomic mass is 10.2. The van der Waals surface area contributed by atoms with Gasteiger partial charge in [0.15, 0.2) is 6.61 Å². The van der Waals surface area contributed by atoms with Crippen LogP contribution >= 0.6 is 11.8 Å². The Kier molecular flexibility index (Phi) is 4.56. The Labute approximate surface area is 89.7 Å². The molecule has 0 atom stereocenters. The first-order valence-corrected chi connectivity index (χ1v) is 5.70. The summed E-state index contributed by atoms with van der Waals surface area (Å²) in [5.41, 5.74) is 0. The fourth-order valence-electron chi connectivity index (χ4n) is 1.20. The van der Waals surface area contributed by atoms with E-state index in [0.717, 1.165) is 24.3 Å². The van der Waals surface area contributed by atoms with E-state index in [1.165, 1.54) is 0 Å². The Balaban J connectivity index is 2.17. The minimum absolute atomic E-state index is 0.0491. The largest absolute Gasteiger partial charge is 0.440 e. The smallest absolute Gasteiger partial charge is 0.422 e. The predicted molar refractivity (Wildman–Crippen MR) is 50.9 cm³/mol. The van der Waals surface area contributed by atoms with Crippen LogP contribution in [0.2, 0.25) is 0 Å². The number of nitrogens with one attached hydrogen (secondary N) is 1. The van der Waals surface area contributed by atoms with Crippen LogP contribution in [0.1, 0.15) is 12.8 Å². The Hall–Kier alpha value is -0.590. The molecule has 0 aromatic heterocycles. The molecule has 3 nitrogen and oxygen atoms in total. The molecule has 0 aliphatic carbocycles. The summed E-state index contributed by atoms with van der Waals surface area (Å²) in [6.07, 6.45) is -3.87. The highest BCUT2D eigenvalue weighted by atomic mass is 32.2. The molecule has 1 aliphatic heterocycles. The van der Waals surface area contributed by atoms with Gasteiger partial charge in [-0.15, -0.1) is 0 Å². The van der Waals surface area contributed by atoms with Crippen LogP contribution in [0.25, 0.3) is 0 Å². The number of alkyl carbamates (subject to hydrolysis) is 1. The lowest BCUT2D eigenvalue weighted by Gasteiger charge is -2.22. The van der Waals surface area contributed by atoms with Crippen molar-refractivity contribution in [1.82, 2.24) is 5.32 Å². The molecular weight excluding hydrogens is 231 g/mol. The molecule has 0 radical (unpaired) electrons. The van der Waals surface area contributed by atoms with E-state index in [0.29, 0.717) is 0 Å². The summed E-state index contributed by atoms with van der Waals surface area (Å²) in [6.45, 7) is -1.53. The van der Waals surface area contributed by atoms with Gasteiger partial charge < -0.3 is 10.1 Å². The fourth-order valence-corrected chi connectivity index (χ4v) is 2.30. The van der Waals surface area contributed by atoms with Crippen molar-refractivity contribution in [2.75, 3.05) is 18.1 Å². The maximum atomic E-state index is 11.7. The maximum absolute atomic E-state index is 11.7. The van der Waals surface area contributed by atoms with E-state index in [9.17, 15) is 18.0 Å². The second kappa shape index (κ2) is 5.48. The molecule has 88 valence electrons. The van der Waals surface area contributed by atoms with E-state index in [1.54, 1.807) is 11.8 Å². The van der Waals surface area contributed by atoms with Gasteiger partial charge in [0, 0.05) is 6.04 Å². The zero-order chi connectivity index (χ0) is 11.3. The molecule has 7 heteroatoms. The van der Waals surface area contributed by atoms with Crippen molar-refractivity contribution < 1.29 is 22.7 Å². The first-order valence-electron chi connectivity index (χ1n) is 4.55. The number of alkyl halides is 3. The predicted octanol–water partition coefficient (Wildman–Crippen LogP) is 2.17. The number of carbonyl (C=O) groups is 1. The normalized spacial score (nSPS) is 18.6. The zero-order valence-electron chi connectivity index (χ0n) is 7.97. The standard InChI is InChI=1S/C8H12F3NO2S/c9-8(10,11)5-14-7(13)12-6-1-3-15-4-2-6/h6H,1-5H2,(H,12,13). The van der Waals surface area contributed by atoms with Crippen molar-refractivity contribution in [3.63, 3.8) is 0 Å². The molecule has 1 N–H and O–H groups in total. The molecule has 1 amide bonds. The van der Waals surface area contributed by atoms with Crippen LogP contribution in [-0.2, 0) is 4.74 Å². The third-order valence-corrected chi connectivity index (χ3v) is 2.96. The summed E-state index contributed by atoms with van der Waals surface area (Å²) in [6, 6.07) is -0.0491. The van der Waals surface area contributed by atoms with Gasteiger partial charge in [-0.2, -0.15) is 24.9 Å². The summed E-state index contributed by atoms with van der Waals surface area (Å²) >= 11 is 1.77. The van der Waals surface area contributed by atoms with E-state index < -0.39 is 18.9 Å². The lowest BCUT2D eigenvalue weighted by Crippen LogP contribution is -2.39. The van der Waals surface area contributed by atoms with Crippen LogP contribution in [0, 0.1) is 0 Å². The van der Waals surface area contributed by atoms with E-state index in [-0.39, 0.29) is 6.04 Å². The van der Waals surface area contributed by atoms with E-state index in [4.69, 9.17) is 0 Å². The number of rotatable bonds is 2. The Bertz CT molecular complexity index is 216. The van der Waals surface area contributed by atoms with Crippen molar-refractivity contribution in [3.8, 4) is 0 Å². The number of hydrogen-bond acceptors (Lipinski definition) is 3. The molecule has 1 heterocycles. The van der Waals surface area contributed by atoms with Crippen molar-refractivity contribution in [1.29, 1.82) is 0 Å². The minimum atomic E-state index is -4.46. The lowest BCUT2D eigenvalue weighted by molar-refractivity contribution is -0.160. The van der Waals surface area contributed by atoms with Crippen LogP contribution in [0.15, 0.2) is 0 Å². The summed E-state index contributed by atoms with van der Waals surface area (Å²) < 4.78 is 39.1. The molecule has 1 fully saturated rings. The average Bonchev–Trinajstić information content (AvgIpc) is 2.15. The summed E-state index contributed by atoms with van der Waals surface area (Å²) in [5.74, 6) is 1.84. The molecule has 0 aromatic rings. The van der Waals surface area contributed by atoms with Gasteiger partial charge >= 0.3 is 12.3 Å². The molecule has 0 unspecified atom stereocenters. The second-order valence-corrected chi connectivity index (χ2v) is 4.45. The first-order chi connectivity index (χ1) is 6.97. The molecule has 1 aliphatic rings. The van der Waals surface area contributed by atoms with Crippen LogP contribution in [0.4, 0.5) is 18.0 Å². The molecular formula is C8H12F3NO2S. The summed E-state index contributed by atoms with van der Waals surface area (Å²) in [7, 11) is 0. The van der Waals surface area contributed by atoms with Crippen molar-refractivity contribution in [2.24, 2.45) is 0 Å². The van der Waals surface area contributed by atoms with Gasteiger partial charge in [0.05, 0.1) is 0 Å². The number of ether oxygens (including phenoxy) is 1. The zero-order valence-corrected chi connectivity index (χ0v) is 8.79. The van der Waals surface area contributed by atoms with E-state index in [1.807, 2.05) is 0 Å². The summed E-state index contributed by atoms with van der Waals surface area (Å²) in [5, 5.41) is 2.42. The van der Waals surface area contributed by atoms with Gasteiger partial charge in [-0.3, -0.25) is 0 Å². The average molecular weight is 243 g/mol. The van der Waals surface area contributed by atoms with Gasteiger partial charge in [-0.05, 0) is 24.3 Å². The SMILES string of the molecule is O=C(NC1CCSCC1)OCC(F)(F)F. The molecule has 0 spiro atoms. The highest BCUT2D eigenvalue weighted by molar-refractivity contribution is 7.99. The minimum Gasteiger partial charge on any atom is -0.440 e. The quantitative estimate of drug-likeness (QED) is 0.807. The van der Waals surface area contributed by atoms with Crippen LogP contribution < -0.4 is 5.32 Å². The number of thioether (sulfide) groups is 1. The van der Waals surface area contributed by atoms with Crippen molar-refractivity contribution >= 4 is 17.9 Å². The second-order valence-electron chi connectivity index (χ2n) is 3.22. The molecule has 1 rings (SSSR count). The van der Waals surface area contributed by atoms with Gasteiger partial charge in [0.2, 0.25) is 0 Å². The first kappa shape index (κ1) is 12.5. The molecule has 1 saturated heterocycles. The number of hydrogen-bond donors (Lipinski definition) is 1. The monoisotopic (exact) mass is 243 g/mol.